The maximum Gasteiger partial charge on any atom is 0.142 e. The summed E-state index contributed by atoms with van der Waals surface area (Å²) < 4.78 is 0. The number of benzene rings is 1. The van der Waals surface area contributed by atoms with E-state index in [1.54, 1.807) is 0 Å². The monoisotopic (exact) mass is 234 g/mol. The molecule has 0 aliphatic rings. The third-order valence-electron chi connectivity index (χ3n) is 3.07. The van der Waals surface area contributed by atoms with Gasteiger partial charge in [0.25, 0.3) is 0 Å². The van der Waals surface area contributed by atoms with Crippen LogP contribution in [0.1, 0.15) is 57.7 Å². The van der Waals surface area contributed by atoms with Crippen molar-refractivity contribution in [2.24, 2.45) is 0 Å². The van der Waals surface area contributed by atoms with Gasteiger partial charge in [-0.1, -0.05) is 44.5 Å². The van der Waals surface area contributed by atoms with Crippen molar-refractivity contribution in [1.29, 1.82) is 0 Å². The Morgan fingerprint density at radius 1 is 1.18 bits per heavy atom. The van der Waals surface area contributed by atoms with Crippen molar-refractivity contribution in [2.75, 3.05) is 0 Å². The van der Waals surface area contributed by atoms with Crippen molar-refractivity contribution in [1.82, 2.24) is 0 Å². The number of carbonyl (C=O) groups excluding carboxylic acids is 1. The van der Waals surface area contributed by atoms with Gasteiger partial charge in [-0.05, 0) is 38.8 Å². The van der Waals surface area contributed by atoms with E-state index < -0.39 is 0 Å². The molecule has 0 amide bonds. The summed E-state index contributed by atoms with van der Waals surface area (Å²) in [6, 6.07) is 6.30. The fraction of sp³-hybridized carbons (Fsp3) is 0.562. The van der Waals surface area contributed by atoms with Crippen molar-refractivity contribution in [3.05, 3.63) is 34.9 Å². The number of ketones is 1. The Hall–Kier alpha value is -1.11. The van der Waals surface area contributed by atoms with E-state index in [1.165, 1.54) is 11.1 Å². The largest absolute Gasteiger partial charge is 0.299 e. The summed E-state index contributed by atoms with van der Waals surface area (Å²) in [5.41, 5.74) is 3.25. The molecule has 1 nitrogen and oxygen atoms in total. The third kappa shape index (κ3) is 3.69. The molecule has 0 spiro atoms. The Balaban J connectivity index is 0.00000121. The van der Waals surface area contributed by atoms with Gasteiger partial charge in [-0.25, -0.2) is 0 Å². The van der Waals surface area contributed by atoms with Gasteiger partial charge in [-0.3, -0.25) is 4.79 Å². The van der Waals surface area contributed by atoms with Crippen LogP contribution >= 0.6 is 0 Å². The quantitative estimate of drug-likeness (QED) is 0.747. The van der Waals surface area contributed by atoms with E-state index in [-0.39, 0.29) is 5.41 Å². The normalized spacial score (nSPS) is 10.5. The van der Waals surface area contributed by atoms with Gasteiger partial charge in [0.2, 0.25) is 0 Å². The van der Waals surface area contributed by atoms with Crippen LogP contribution in [0.4, 0.5) is 0 Å². The number of aryl methyl sites for hydroxylation is 2. The van der Waals surface area contributed by atoms with E-state index in [0.717, 1.165) is 5.56 Å². The molecular weight excluding hydrogens is 208 g/mol. The van der Waals surface area contributed by atoms with Crippen molar-refractivity contribution in [3.8, 4) is 0 Å². The van der Waals surface area contributed by atoms with Crippen LogP contribution in [-0.4, -0.2) is 5.78 Å². The molecule has 0 saturated heterocycles. The SMILES string of the molecule is CC.CCC(=O)C(C)(C)c1ccc(C)cc1C. The molecule has 0 N–H and O–H groups in total. The smallest absolute Gasteiger partial charge is 0.142 e. The summed E-state index contributed by atoms with van der Waals surface area (Å²) in [6.45, 7) is 14.1. The summed E-state index contributed by atoms with van der Waals surface area (Å²) in [5, 5.41) is 0. The van der Waals surface area contributed by atoms with E-state index in [2.05, 4.69) is 32.0 Å². The summed E-state index contributed by atoms with van der Waals surface area (Å²) in [7, 11) is 0. The van der Waals surface area contributed by atoms with Gasteiger partial charge in [0.1, 0.15) is 5.78 Å². The van der Waals surface area contributed by atoms with Gasteiger partial charge in [0, 0.05) is 11.8 Å². The number of hydrogen-bond donors (Lipinski definition) is 0. The van der Waals surface area contributed by atoms with Crippen LogP contribution < -0.4 is 0 Å². The van der Waals surface area contributed by atoms with Crippen molar-refractivity contribution in [2.45, 2.75) is 60.3 Å². The Morgan fingerprint density at radius 2 is 1.71 bits per heavy atom. The second-order valence-electron chi connectivity index (χ2n) is 4.72. The number of carbonyl (C=O) groups is 1. The first kappa shape index (κ1) is 15.9. The highest BCUT2D eigenvalue weighted by atomic mass is 16.1. The molecule has 0 unspecified atom stereocenters. The molecule has 0 fully saturated rings. The highest BCUT2D eigenvalue weighted by Gasteiger charge is 2.29. The second kappa shape index (κ2) is 6.58. The molecule has 0 saturated carbocycles. The van der Waals surface area contributed by atoms with Crippen LogP contribution in [0.15, 0.2) is 18.2 Å². The van der Waals surface area contributed by atoms with E-state index in [1.807, 2.05) is 34.6 Å². The fourth-order valence-corrected chi connectivity index (χ4v) is 2.11. The average molecular weight is 234 g/mol. The van der Waals surface area contributed by atoms with Gasteiger partial charge in [0.15, 0.2) is 0 Å². The molecule has 96 valence electrons. The zero-order valence-electron chi connectivity index (χ0n) is 12.3. The lowest BCUT2D eigenvalue weighted by molar-refractivity contribution is -0.123. The summed E-state index contributed by atoms with van der Waals surface area (Å²) in [5.74, 6) is 0.300. The Morgan fingerprint density at radius 3 is 2.12 bits per heavy atom. The van der Waals surface area contributed by atoms with Gasteiger partial charge in [0.05, 0.1) is 0 Å². The van der Waals surface area contributed by atoms with E-state index >= 15 is 0 Å². The van der Waals surface area contributed by atoms with Crippen LogP contribution in [0, 0.1) is 13.8 Å². The molecule has 0 aliphatic carbocycles. The maximum atomic E-state index is 11.9. The van der Waals surface area contributed by atoms with Crippen molar-refractivity contribution < 1.29 is 4.79 Å². The molecule has 0 heterocycles. The minimum Gasteiger partial charge on any atom is -0.299 e. The molecule has 17 heavy (non-hydrogen) atoms. The van der Waals surface area contributed by atoms with E-state index in [9.17, 15) is 4.79 Å². The van der Waals surface area contributed by atoms with E-state index in [4.69, 9.17) is 0 Å². The molecule has 0 aromatic heterocycles. The third-order valence-corrected chi connectivity index (χ3v) is 3.07. The lowest BCUT2D eigenvalue weighted by Crippen LogP contribution is -2.29. The number of Topliss-reactive ketones (excluding diaryl/α,β-unsaturated/α-hetero) is 1. The lowest BCUT2D eigenvalue weighted by atomic mass is 9.77. The highest BCUT2D eigenvalue weighted by Crippen LogP contribution is 2.28. The van der Waals surface area contributed by atoms with Gasteiger partial charge < -0.3 is 0 Å². The zero-order chi connectivity index (χ0) is 13.6. The number of hydrogen-bond acceptors (Lipinski definition) is 1. The molecule has 0 aliphatic heterocycles. The molecule has 1 aromatic carbocycles. The first-order valence-electron chi connectivity index (χ1n) is 6.50. The van der Waals surface area contributed by atoms with Gasteiger partial charge in [-0.15, -0.1) is 0 Å². The summed E-state index contributed by atoms with van der Waals surface area (Å²) >= 11 is 0. The second-order valence-corrected chi connectivity index (χ2v) is 4.72. The van der Waals surface area contributed by atoms with E-state index in [0.29, 0.717) is 12.2 Å². The van der Waals surface area contributed by atoms with Crippen molar-refractivity contribution >= 4 is 5.78 Å². The molecule has 1 heteroatoms. The molecule has 0 atom stereocenters. The maximum absolute atomic E-state index is 11.9. The topological polar surface area (TPSA) is 17.1 Å². The minimum absolute atomic E-state index is 0.300. The van der Waals surface area contributed by atoms with Crippen LogP contribution in [-0.2, 0) is 10.2 Å². The minimum atomic E-state index is -0.355. The standard InChI is InChI=1S/C14H20O.C2H6/c1-6-13(15)14(4,5)12-8-7-10(2)9-11(12)3;1-2/h7-9H,6H2,1-5H3;1-2H3. The Kier molecular flexibility index (Phi) is 6.15. The van der Waals surface area contributed by atoms with Crippen LogP contribution in [0.25, 0.3) is 0 Å². The predicted octanol–water partition coefficient (Wildman–Crippen LogP) is 4.59. The zero-order valence-corrected chi connectivity index (χ0v) is 12.3. The molecule has 0 radical (unpaired) electrons. The van der Waals surface area contributed by atoms with Gasteiger partial charge in [-0.2, -0.15) is 0 Å². The summed E-state index contributed by atoms with van der Waals surface area (Å²) in [6.07, 6.45) is 0.598. The van der Waals surface area contributed by atoms with Crippen molar-refractivity contribution in [3.63, 3.8) is 0 Å². The van der Waals surface area contributed by atoms with Crippen LogP contribution in [0.5, 0.6) is 0 Å². The van der Waals surface area contributed by atoms with Gasteiger partial charge >= 0.3 is 0 Å². The first-order valence-corrected chi connectivity index (χ1v) is 6.50. The number of rotatable bonds is 3. The Bertz CT molecular complexity index is 375. The molecule has 0 bridgehead atoms. The average Bonchev–Trinajstić information content (AvgIpc) is 2.30. The fourth-order valence-electron chi connectivity index (χ4n) is 2.11. The first-order chi connectivity index (χ1) is 7.89. The highest BCUT2D eigenvalue weighted by molar-refractivity contribution is 5.89. The molecule has 1 aromatic rings. The Labute approximate surface area is 106 Å². The molecule has 1 rings (SSSR count). The molecular formula is C16H26O. The lowest BCUT2D eigenvalue weighted by Gasteiger charge is -2.25. The van der Waals surface area contributed by atoms with Crippen LogP contribution in [0.2, 0.25) is 0 Å². The summed E-state index contributed by atoms with van der Waals surface area (Å²) in [4.78, 5) is 11.9. The van der Waals surface area contributed by atoms with Crippen LogP contribution in [0.3, 0.4) is 0 Å². The predicted molar refractivity (Wildman–Crippen MR) is 75.6 cm³/mol.